The molecule has 0 bridgehead atoms. The zero-order valence-electron chi connectivity index (χ0n) is 19.5. The maximum Gasteiger partial charge on any atom is 0.0577 e. The summed E-state index contributed by atoms with van der Waals surface area (Å²) in [6, 6.07) is 0. The third kappa shape index (κ3) is 3.65. The van der Waals surface area contributed by atoms with E-state index in [1.54, 1.807) is 0 Å². The molecule has 0 saturated heterocycles. The van der Waals surface area contributed by atoms with Gasteiger partial charge in [-0.1, -0.05) is 58.6 Å². The van der Waals surface area contributed by atoms with E-state index in [-0.39, 0.29) is 11.5 Å². The molecule has 0 aromatic rings. The molecule has 3 fully saturated rings. The Morgan fingerprint density at radius 1 is 1.03 bits per heavy atom. The van der Waals surface area contributed by atoms with E-state index in [4.69, 9.17) is 0 Å². The van der Waals surface area contributed by atoms with Gasteiger partial charge in [-0.15, -0.1) is 0 Å². The average molecular weight is 403 g/mol. The first-order valence-corrected chi connectivity index (χ1v) is 12.8. The Labute approximate surface area is 179 Å². The highest BCUT2D eigenvalue weighted by atomic mass is 16.3. The van der Waals surface area contributed by atoms with Crippen LogP contribution in [0.2, 0.25) is 0 Å². The van der Waals surface area contributed by atoms with Crippen molar-refractivity contribution in [2.75, 3.05) is 6.61 Å². The Morgan fingerprint density at radius 3 is 2.55 bits per heavy atom. The van der Waals surface area contributed by atoms with Gasteiger partial charge in [-0.05, 0) is 92.3 Å². The van der Waals surface area contributed by atoms with Crippen molar-refractivity contribution >= 4 is 0 Å². The monoisotopic (exact) mass is 402 g/mol. The zero-order valence-corrected chi connectivity index (χ0v) is 19.5. The quantitative estimate of drug-likeness (QED) is 0.507. The molecule has 4 aliphatic carbocycles. The first-order valence-electron chi connectivity index (χ1n) is 12.8. The van der Waals surface area contributed by atoms with Crippen LogP contribution in [0.3, 0.4) is 0 Å². The van der Waals surface area contributed by atoms with Crippen molar-refractivity contribution in [1.82, 2.24) is 0 Å². The number of rotatable bonds is 6. The Balaban J connectivity index is 1.51. The van der Waals surface area contributed by atoms with Gasteiger partial charge in [0, 0.05) is 5.41 Å². The highest BCUT2D eigenvalue weighted by Crippen LogP contribution is 2.67. The fourth-order valence-corrected chi connectivity index (χ4v) is 8.76. The molecule has 0 aromatic heterocycles. The van der Waals surface area contributed by atoms with Crippen molar-refractivity contribution in [3.05, 3.63) is 11.6 Å². The van der Waals surface area contributed by atoms with Gasteiger partial charge in [-0.3, -0.25) is 0 Å². The van der Waals surface area contributed by atoms with Gasteiger partial charge in [0.1, 0.15) is 0 Å². The molecule has 0 heterocycles. The van der Waals surface area contributed by atoms with Crippen LogP contribution in [-0.2, 0) is 0 Å². The lowest BCUT2D eigenvalue weighted by molar-refractivity contribution is -0.0795. The van der Waals surface area contributed by atoms with Crippen LogP contribution in [0.1, 0.15) is 98.3 Å². The van der Waals surface area contributed by atoms with E-state index in [1.165, 1.54) is 56.9 Å². The highest BCUT2D eigenvalue weighted by Gasteiger charge is 2.60. The Morgan fingerprint density at radius 2 is 1.83 bits per heavy atom. The number of fused-ring (bicyclic) bond motifs is 5. The van der Waals surface area contributed by atoms with Crippen LogP contribution >= 0.6 is 0 Å². The Bertz CT molecular complexity index is 610. The second kappa shape index (κ2) is 8.30. The third-order valence-electron chi connectivity index (χ3n) is 10.3. The summed E-state index contributed by atoms with van der Waals surface area (Å²) in [5.74, 6) is 4.82. The summed E-state index contributed by atoms with van der Waals surface area (Å²) in [6.45, 7) is 10.2. The molecule has 0 radical (unpaired) electrons. The molecule has 2 N–H and O–H groups in total. The summed E-state index contributed by atoms with van der Waals surface area (Å²) in [7, 11) is 0. The number of allylic oxidation sites excluding steroid dienone is 1. The minimum absolute atomic E-state index is 0.00948. The first kappa shape index (κ1) is 21.9. The van der Waals surface area contributed by atoms with E-state index in [2.05, 4.69) is 33.8 Å². The largest absolute Gasteiger partial charge is 0.395 e. The lowest BCUT2D eigenvalue weighted by atomic mass is 9.46. The molecule has 29 heavy (non-hydrogen) atoms. The van der Waals surface area contributed by atoms with Crippen LogP contribution in [0, 0.1) is 46.3 Å². The van der Waals surface area contributed by atoms with E-state index in [0.717, 1.165) is 48.9 Å². The second-order valence-corrected chi connectivity index (χ2v) is 12.1. The molecule has 2 nitrogen and oxygen atoms in total. The molecule has 2 heteroatoms. The van der Waals surface area contributed by atoms with Gasteiger partial charge in [-0.25, -0.2) is 0 Å². The lowest BCUT2D eigenvalue weighted by Crippen LogP contribution is -2.53. The van der Waals surface area contributed by atoms with Crippen LogP contribution in [0.25, 0.3) is 0 Å². The summed E-state index contributed by atoms with van der Waals surface area (Å²) < 4.78 is 0. The minimum Gasteiger partial charge on any atom is -0.395 e. The zero-order chi connectivity index (χ0) is 20.8. The molecule has 0 aliphatic heterocycles. The Hall–Kier alpha value is -0.340. The van der Waals surface area contributed by atoms with E-state index in [9.17, 15) is 10.2 Å². The summed E-state index contributed by atoms with van der Waals surface area (Å²) in [6.07, 6.45) is 15.8. The summed E-state index contributed by atoms with van der Waals surface area (Å²) in [5.41, 5.74) is 1.90. The van der Waals surface area contributed by atoms with Crippen molar-refractivity contribution in [3.8, 4) is 0 Å². The fraction of sp³-hybridized carbons (Fsp3) is 0.926. The van der Waals surface area contributed by atoms with Gasteiger partial charge < -0.3 is 10.2 Å². The maximum absolute atomic E-state index is 10.6. The molecule has 8 atom stereocenters. The van der Waals surface area contributed by atoms with Gasteiger partial charge >= 0.3 is 0 Å². The normalized spacial score (nSPS) is 45.3. The molecule has 0 amide bonds. The maximum atomic E-state index is 10.6. The summed E-state index contributed by atoms with van der Waals surface area (Å²) in [4.78, 5) is 0. The van der Waals surface area contributed by atoms with Gasteiger partial charge in [0.2, 0.25) is 0 Å². The van der Waals surface area contributed by atoms with E-state index in [1.807, 2.05) is 0 Å². The predicted octanol–water partition coefficient (Wildman–Crippen LogP) is 6.36. The molecule has 4 aliphatic rings. The molecule has 3 saturated carbocycles. The smallest absolute Gasteiger partial charge is 0.0577 e. The van der Waals surface area contributed by atoms with Gasteiger partial charge in [0.15, 0.2) is 0 Å². The van der Waals surface area contributed by atoms with Crippen LogP contribution < -0.4 is 0 Å². The topological polar surface area (TPSA) is 40.5 Å². The second-order valence-electron chi connectivity index (χ2n) is 12.1. The van der Waals surface area contributed by atoms with Crippen molar-refractivity contribution in [3.63, 3.8) is 0 Å². The van der Waals surface area contributed by atoms with Crippen LogP contribution in [0.5, 0.6) is 0 Å². The molecule has 166 valence electrons. The summed E-state index contributed by atoms with van der Waals surface area (Å²) in [5, 5.41) is 20.8. The van der Waals surface area contributed by atoms with E-state index in [0.29, 0.717) is 17.9 Å². The predicted molar refractivity (Wildman–Crippen MR) is 120 cm³/mol. The molecule has 0 spiro atoms. The van der Waals surface area contributed by atoms with Gasteiger partial charge in [0.05, 0.1) is 12.7 Å². The number of hydrogen-bond acceptors (Lipinski definition) is 2. The minimum atomic E-state index is -0.186. The van der Waals surface area contributed by atoms with E-state index >= 15 is 0 Å². The fourth-order valence-electron chi connectivity index (χ4n) is 8.76. The van der Waals surface area contributed by atoms with Gasteiger partial charge in [0.25, 0.3) is 0 Å². The lowest BCUT2D eigenvalue weighted by Gasteiger charge is -2.59. The van der Waals surface area contributed by atoms with Crippen molar-refractivity contribution in [2.45, 2.75) is 104 Å². The number of hydrogen-bond donors (Lipinski definition) is 2. The molecular formula is C27H46O2. The molecule has 0 aromatic carbocycles. The Kier molecular flexibility index (Phi) is 6.26. The molecule has 4 rings (SSSR count). The van der Waals surface area contributed by atoms with Crippen LogP contribution in [-0.4, -0.2) is 22.9 Å². The highest BCUT2D eigenvalue weighted by molar-refractivity contribution is 5.26. The molecular weight excluding hydrogens is 356 g/mol. The third-order valence-corrected chi connectivity index (χ3v) is 10.3. The van der Waals surface area contributed by atoms with Crippen molar-refractivity contribution in [2.24, 2.45) is 46.3 Å². The SMILES string of the molecule is CC(C)CCC[C@@H](C)[C@H]1CC[C@H]2[C@@H]3CC=C4CC(O)CC[C@]4(CO)[C@H]3CC[C@]12C. The standard InChI is InChI=1S/C27H46O2/c1-18(2)6-5-7-19(3)23-10-11-24-22-9-8-20-16-21(29)12-15-27(20,17-28)25(22)13-14-26(23,24)4/h8,18-19,21-25,28-29H,5-7,9-17H2,1-4H3/t19-,21?,22+,23-,24+,25+,26-,27-/m1/s1. The van der Waals surface area contributed by atoms with Gasteiger partial charge in [-0.2, -0.15) is 0 Å². The molecule has 1 unspecified atom stereocenters. The summed E-state index contributed by atoms with van der Waals surface area (Å²) >= 11 is 0. The first-order chi connectivity index (χ1) is 13.8. The van der Waals surface area contributed by atoms with Crippen LogP contribution in [0.15, 0.2) is 11.6 Å². The van der Waals surface area contributed by atoms with Crippen molar-refractivity contribution in [1.29, 1.82) is 0 Å². The average Bonchev–Trinajstić information content (AvgIpc) is 3.04. The van der Waals surface area contributed by atoms with E-state index < -0.39 is 0 Å². The van der Waals surface area contributed by atoms with Crippen molar-refractivity contribution < 1.29 is 10.2 Å². The number of aliphatic hydroxyl groups excluding tert-OH is 2. The number of aliphatic hydroxyl groups is 2. The van der Waals surface area contributed by atoms with Crippen LogP contribution in [0.4, 0.5) is 0 Å².